The Morgan fingerprint density at radius 3 is 2.48 bits per heavy atom. The average Bonchev–Trinajstić information content (AvgIpc) is 2.44. The van der Waals surface area contributed by atoms with E-state index >= 15 is 0 Å². The van der Waals surface area contributed by atoms with Gasteiger partial charge in [-0.2, -0.15) is 0 Å². The highest BCUT2D eigenvalue weighted by Gasteiger charge is 2.13. The van der Waals surface area contributed by atoms with E-state index < -0.39 is 5.82 Å². The predicted octanol–water partition coefficient (Wildman–Crippen LogP) is 5.16. The minimum absolute atomic E-state index is 0.00214. The van der Waals surface area contributed by atoms with Crippen molar-refractivity contribution >= 4 is 23.2 Å². The van der Waals surface area contributed by atoms with Gasteiger partial charge in [0.1, 0.15) is 11.6 Å². The molecule has 0 aliphatic carbocycles. The molecule has 0 heterocycles. The van der Waals surface area contributed by atoms with Crippen LogP contribution < -0.4 is 5.32 Å². The number of rotatable bonds is 5. The first-order valence-corrected chi connectivity index (χ1v) is 7.36. The number of hydrogen-bond acceptors (Lipinski definition) is 1. The van der Waals surface area contributed by atoms with Crippen molar-refractivity contribution in [2.75, 3.05) is 6.54 Å². The first-order chi connectivity index (χ1) is 9.99. The van der Waals surface area contributed by atoms with Crippen LogP contribution in [0.4, 0.5) is 8.78 Å². The summed E-state index contributed by atoms with van der Waals surface area (Å²) in [4.78, 5) is 0. The lowest BCUT2D eigenvalue weighted by atomic mass is 10.1. The van der Waals surface area contributed by atoms with Gasteiger partial charge in [0.2, 0.25) is 0 Å². The van der Waals surface area contributed by atoms with Gasteiger partial charge < -0.3 is 5.32 Å². The maximum atomic E-state index is 13.5. The highest BCUT2D eigenvalue weighted by Crippen LogP contribution is 2.28. The summed E-state index contributed by atoms with van der Waals surface area (Å²) in [6, 6.07) is 9.20. The minimum Gasteiger partial charge on any atom is -0.310 e. The second-order valence-electron chi connectivity index (χ2n) is 4.81. The lowest BCUT2D eigenvalue weighted by Gasteiger charge is -2.16. The van der Waals surface area contributed by atoms with Crippen LogP contribution in [-0.2, 0) is 6.42 Å². The summed E-state index contributed by atoms with van der Waals surface area (Å²) in [7, 11) is 0. The van der Waals surface area contributed by atoms with E-state index in [4.69, 9.17) is 23.2 Å². The van der Waals surface area contributed by atoms with Gasteiger partial charge in [-0.15, -0.1) is 0 Å². The van der Waals surface area contributed by atoms with Crippen molar-refractivity contribution in [1.82, 2.24) is 5.32 Å². The zero-order chi connectivity index (χ0) is 15.4. The van der Waals surface area contributed by atoms with Gasteiger partial charge in [-0.3, -0.25) is 0 Å². The van der Waals surface area contributed by atoms with Crippen molar-refractivity contribution in [2.24, 2.45) is 0 Å². The van der Waals surface area contributed by atoms with Crippen molar-refractivity contribution in [1.29, 1.82) is 0 Å². The van der Waals surface area contributed by atoms with E-state index in [2.05, 4.69) is 5.32 Å². The summed E-state index contributed by atoms with van der Waals surface area (Å²) in [6.45, 7) is 2.43. The van der Waals surface area contributed by atoms with E-state index in [1.54, 1.807) is 18.2 Å². The van der Waals surface area contributed by atoms with Gasteiger partial charge in [0.25, 0.3) is 0 Å². The van der Waals surface area contributed by atoms with E-state index in [0.29, 0.717) is 29.1 Å². The first kappa shape index (κ1) is 16.2. The number of nitrogens with one attached hydrogen (secondary N) is 1. The molecule has 112 valence electrons. The van der Waals surface area contributed by atoms with Gasteiger partial charge in [0.15, 0.2) is 0 Å². The lowest BCUT2D eigenvalue weighted by Crippen LogP contribution is -2.22. The summed E-state index contributed by atoms with van der Waals surface area (Å²) in [5.74, 6) is -0.721. The molecule has 0 amide bonds. The lowest BCUT2D eigenvalue weighted by molar-refractivity contribution is 0.554. The van der Waals surface area contributed by atoms with Gasteiger partial charge in [0, 0.05) is 11.1 Å². The molecule has 1 atom stereocenters. The van der Waals surface area contributed by atoms with Crippen LogP contribution >= 0.6 is 23.2 Å². The molecule has 1 unspecified atom stereocenters. The molecule has 5 heteroatoms. The molecule has 2 aromatic rings. The van der Waals surface area contributed by atoms with Crippen LogP contribution in [0.5, 0.6) is 0 Å². The molecule has 0 fully saturated rings. The maximum Gasteiger partial charge on any atom is 0.142 e. The molecule has 0 bridgehead atoms. The Hall–Kier alpha value is -1.16. The third-order valence-corrected chi connectivity index (χ3v) is 3.93. The molecule has 0 spiro atoms. The largest absolute Gasteiger partial charge is 0.310 e. The SMILES string of the molecule is CC(NCCc1ccccc1F)c1cc(F)c(Cl)cc1Cl. The molecule has 0 aliphatic heterocycles. The monoisotopic (exact) mass is 329 g/mol. The molecule has 1 nitrogen and oxygen atoms in total. The highest BCUT2D eigenvalue weighted by atomic mass is 35.5. The Balaban J connectivity index is 1.98. The maximum absolute atomic E-state index is 13.5. The minimum atomic E-state index is -0.501. The van der Waals surface area contributed by atoms with Gasteiger partial charge >= 0.3 is 0 Å². The summed E-state index contributed by atoms with van der Waals surface area (Å²) in [6.07, 6.45) is 0.546. The van der Waals surface area contributed by atoms with Crippen LogP contribution in [-0.4, -0.2) is 6.54 Å². The van der Waals surface area contributed by atoms with Crippen molar-refractivity contribution in [2.45, 2.75) is 19.4 Å². The average molecular weight is 330 g/mol. The van der Waals surface area contributed by atoms with Crippen molar-refractivity contribution < 1.29 is 8.78 Å². The van der Waals surface area contributed by atoms with Crippen LogP contribution in [0.1, 0.15) is 24.1 Å². The molecular formula is C16H15Cl2F2N. The summed E-state index contributed by atoms with van der Waals surface area (Å²) in [5.41, 5.74) is 1.28. The van der Waals surface area contributed by atoms with Crippen LogP contribution in [0.2, 0.25) is 10.0 Å². The van der Waals surface area contributed by atoms with Crippen LogP contribution in [0.25, 0.3) is 0 Å². The fourth-order valence-electron chi connectivity index (χ4n) is 2.10. The van der Waals surface area contributed by atoms with Gasteiger partial charge in [-0.1, -0.05) is 41.4 Å². The second kappa shape index (κ2) is 7.21. The third-order valence-electron chi connectivity index (χ3n) is 3.31. The second-order valence-corrected chi connectivity index (χ2v) is 5.62. The standard InChI is InChI=1S/C16H15Cl2F2N/c1-10(12-8-16(20)14(18)9-13(12)17)21-7-6-11-4-2-3-5-15(11)19/h2-5,8-10,21H,6-7H2,1H3. The van der Waals surface area contributed by atoms with E-state index in [-0.39, 0.29) is 16.9 Å². The summed E-state index contributed by atoms with van der Waals surface area (Å²) in [5, 5.41) is 3.61. The Bertz CT molecular complexity index is 632. The fraction of sp³-hybridized carbons (Fsp3) is 0.250. The van der Waals surface area contributed by atoms with Crippen molar-refractivity contribution in [3.63, 3.8) is 0 Å². The molecule has 2 rings (SSSR count). The summed E-state index contributed by atoms with van der Waals surface area (Å²) < 4.78 is 27.0. The number of hydrogen-bond donors (Lipinski definition) is 1. The van der Waals surface area contributed by atoms with Crippen molar-refractivity contribution in [3.8, 4) is 0 Å². The predicted molar refractivity (Wildman–Crippen MR) is 82.9 cm³/mol. The van der Waals surface area contributed by atoms with Gasteiger partial charge in [-0.05, 0) is 49.2 Å². The molecule has 0 saturated heterocycles. The highest BCUT2D eigenvalue weighted by molar-refractivity contribution is 6.35. The topological polar surface area (TPSA) is 12.0 Å². The normalized spacial score (nSPS) is 12.4. The first-order valence-electron chi connectivity index (χ1n) is 6.60. The summed E-state index contributed by atoms with van der Waals surface area (Å²) >= 11 is 11.7. The van der Waals surface area contributed by atoms with Crippen LogP contribution in [0.3, 0.4) is 0 Å². The molecule has 0 radical (unpaired) electrons. The Morgan fingerprint density at radius 1 is 1.05 bits per heavy atom. The zero-order valence-corrected chi connectivity index (χ0v) is 13.0. The molecule has 0 aliphatic rings. The molecular weight excluding hydrogens is 315 g/mol. The van der Waals surface area contributed by atoms with Gasteiger partial charge in [-0.25, -0.2) is 8.78 Å². The van der Waals surface area contributed by atoms with Crippen LogP contribution in [0.15, 0.2) is 36.4 Å². The molecule has 0 aromatic heterocycles. The Morgan fingerprint density at radius 2 is 1.76 bits per heavy atom. The third kappa shape index (κ3) is 4.16. The number of halogens is 4. The van der Waals surface area contributed by atoms with E-state index in [1.165, 1.54) is 18.2 Å². The molecule has 0 saturated carbocycles. The van der Waals surface area contributed by atoms with Crippen LogP contribution in [0, 0.1) is 11.6 Å². The fourth-order valence-corrected chi connectivity index (χ4v) is 2.65. The van der Waals surface area contributed by atoms with E-state index in [1.807, 2.05) is 6.92 Å². The number of benzene rings is 2. The van der Waals surface area contributed by atoms with E-state index in [0.717, 1.165) is 0 Å². The van der Waals surface area contributed by atoms with E-state index in [9.17, 15) is 8.78 Å². The zero-order valence-electron chi connectivity index (χ0n) is 11.5. The molecule has 1 N–H and O–H groups in total. The molecule has 2 aromatic carbocycles. The quantitative estimate of drug-likeness (QED) is 0.746. The van der Waals surface area contributed by atoms with Gasteiger partial charge in [0.05, 0.1) is 5.02 Å². The molecule has 21 heavy (non-hydrogen) atoms. The van der Waals surface area contributed by atoms with Crippen molar-refractivity contribution in [3.05, 3.63) is 69.2 Å². The Labute approximate surface area is 132 Å². The smallest absolute Gasteiger partial charge is 0.142 e. The Kier molecular flexibility index (Phi) is 5.57.